The Kier molecular flexibility index (Phi) is 6.44. The monoisotopic (exact) mass is 720 g/mol. The summed E-state index contributed by atoms with van der Waals surface area (Å²) in [6, 6.07) is 59.5. The van der Waals surface area contributed by atoms with Crippen LogP contribution in [0.15, 0.2) is 174 Å². The minimum absolute atomic E-state index is 0.601. The van der Waals surface area contributed by atoms with Gasteiger partial charge >= 0.3 is 0 Å². The second kappa shape index (κ2) is 11.7. The zero-order valence-electron chi connectivity index (χ0n) is 29.3. The number of hydrogen-bond donors (Lipinski definition) is 0. The molecule has 0 aliphatic rings. The van der Waals surface area contributed by atoms with Crippen molar-refractivity contribution in [2.75, 3.05) is 0 Å². The molecule has 0 aliphatic carbocycles. The van der Waals surface area contributed by atoms with Gasteiger partial charge in [0.2, 0.25) is 0 Å². The highest BCUT2D eigenvalue weighted by Crippen LogP contribution is 2.43. The average Bonchev–Trinajstić information content (AvgIpc) is 3.92. The van der Waals surface area contributed by atoms with Gasteiger partial charge in [-0.05, 0) is 53.2 Å². The van der Waals surface area contributed by atoms with Gasteiger partial charge in [0.05, 0.1) is 16.7 Å². The van der Waals surface area contributed by atoms with Crippen LogP contribution in [-0.4, -0.2) is 19.5 Å². The highest BCUT2D eigenvalue weighted by molar-refractivity contribution is 7.26. The van der Waals surface area contributed by atoms with Crippen LogP contribution >= 0.6 is 11.3 Å². The van der Waals surface area contributed by atoms with E-state index in [1.54, 1.807) is 11.3 Å². The first-order valence-electron chi connectivity index (χ1n) is 18.4. The van der Waals surface area contributed by atoms with Crippen LogP contribution in [0.2, 0.25) is 0 Å². The molecule has 0 atom stereocenters. The first-order valence-corrected chi connectivity index (χ1v) is 19.2. The van der Waals surface area contributed by atoms with Crippen LogP contribution in [0.25, 0.3) is 115 Å². The van der Waals surface area contributed by atoms with Crippen molar-refractivity contribution in [1.82, 2.24) is 19.5 Å². The molecule has 4 aromatic heterocycles. The van der Waals surface area contributed by atoms with E-state index in [1.807, 2.05) is 30.3 Å². The van der Waals surface area contributed by atoms with Crippen molar-refractivity contribution in [3.05, 3.63) is 170 Å². The molecule has 0 amide bonds. The predicted octanol–water partition coefficient (Wildman–Crippen LogP) is 13.4. The lowest BCUT2D eigenvalue weighted by Crippen LogP contribution is -2.00. The first-order chi connectivity index (χ1) is 27.3. The molecule has 55 heavy (non-hydrogen) atoms. The number of fused-ring (bicyclic) bond motifs is 10. The minimum Gasteiger partial charge on any atom is -0.454 e. The predicted molar refractivity (Wildman–Crippen MR) is 228 cm³/mol. The fourth-order valence-electron chi connectivity index (χ4n) is 8.37. The van der Waals surface area contributed by atoms with Crippen LogP contribution < -0.4 is 0 Å². The number of nitrogens with zero attached hydrogens (tertiary/aromatic N) is 4. The summed E-state index contributed by atoms with van der Waals surface area (Å²) in [5.74, 6) is 1.87. The van der Waals surface area contributed by atoms with Crippen LogP contribution in [0.4, 0.5) is 0 Å². The third-order valence-electron chi connectivity index (χ3n) is 10.8. The fraction of sp³-hybridized carbons (Fsp3) is 0. The summed E-state index contributed by atoms with van der Waals surface area (Å²) in [6.07, 6.45) is 0. The molecule has 0 saturated carbocycles. The second-order valence-corrected chi connectivity index (χ2v) is 15.0. The lowest BCUT2D eigenvalue weighted by molar-refractivity contribution is 0.666. The summed E-state index contributed by atoms with van der Waals surface area (Å²) >= 11 is 1.78. The van der Waals surface area contributed by atoms with E-state index in [9.17, 15) is 0 Å². The van der Waals surface area contributed by atoms with Crippen molar-refractivity contribution in [2.24, 2.45) is 0 Å². The van der Waals surface area contributed by atoms with E-state index in [4.69, 9.17) is 19.4 Å². The van der Waals surface area contributed by atoms with E-state index >= 15 is 0 Å². The molecule has 0 radical (unpaired) electrons. The van der Waals surface area contributed by atoms with Gasteiger partial charge in [0.1, 0.15) is 5.58 Å². The molecule has 0 saturated heterocycles. The number of thiophene rings is 1. The summed E-state index contributed by atoms with van der Waals surface area (Å²) in [4.78, 5) is 15.6. The lowest BCUT2D eigenvalue weighted by atomic mass is 10.0. The van der Waals surface area contributed by atoms with Gasteiger partial charge in [-0.25, -0.2) is 15.0 Å². The largest absolute Gasteiger partial charge is 0.454 e. The van der Waals surface area contributed by atoms with Gasteiger partial charge in [-0.2, -0.15) is 0 Å². The highest BCUT2D eigenvalue weighted by atomic mass is 32.1. The number of aromatic nitrogens is 4. The average molecular weight is 721 g/mol. The van der Waals surface area contributed by atoms with Gasteiger partial charge in [0.25, 0.3) is 0 Å². The molecule has 4 heterocycles. The number of benzene rings is 8. The Morgan fingerprint density at radius 2 is 1.11 bits per heavy atom. The van der Waals surface area contributed by atoms with Crippen LogP contribution in [0, 0.1) is 0 Å². The Labute approximate surface area is 318 Å². The SMILES string of the molecule is c1ccc(-c2nc(-c3cccc4c3sc3ccccc34)nc(-c3cccc4oc5c(-n6c7ccccc7c7cc8ccccc8cc76)cccc5c34)n2)cc1. The maximum atomic E-state index is 6.89. The van der Waals surface area contributed by atoms with Crippen LogP contribution in [0.3, 0.4) is 0 Å². The number of hydrogen-bond acceptors (Lipinski definition) is 5. The molecule has 0 aliphatic heterocycles. The van der Waals surface area contributed by atoms with Crippen molar-refractivity contribution in [1.29, 1.82) is 0 Å². The molecule has 0 N–H and O–H groups in total. The quantitative estimate of drug-likeness (QED) is 0.182. The molecule has 0 fully saturated rings. The Morgan fingerprint density at radius 1 is 0.455 bits per heavy atom. The van der Waals surface area contributed by atoms with Crippen molar-refractivity contribution in [3.63, 3.8) is 0 Å². The maximum Gasteiger partial charge on any atom is 0.165 e. The lowest BCUT2D eigenvalue weighted by Gasteiger charge is -2.10. The molecular weight excluding hydrogens is 693 g/mol. The van der Waals surface area contributed by atoms with Crippen molar-refractivity contribution in [3.8, 4) is 39.9 Å². The molecule has 8 aromatic carbocycles. The molecule has 256 valence electrons. The van der Waals surface area contributed by atoms with Gasteiger partial charge in [0, 0.05) is 58.4 Å². The van der Waals surface area contributed by atoms with Gasteiger partial charge in [0.15, 0.2) is 23.1 Å². The van der Waals surface area contributed by atoms with Crippen molar-refractivity contribution in [2.45, 2.75) is 0 Å². The standard InChI is InChI=1S/C49H28N4OS/c1-2-13-29(14-3-1)47-50-48(52-49(51-47)37-22-10-19-34-33-18-7-9-26-43(33)55-46(34)37)36-21-12-25-42-44(36)35-20-11-24-40(45(35)54-42)53-39-23-8-6-17-32(39)38-27-30-15-4-5-16-31(30)28-41(38)53/h1-28H. The summed E-state index contributed by atoms with van der Waals surface area (Å²) in [5.41, 5.74) is 7.66. The summed E-state index contributed by atoms with van der Waals surface area (Å²) in [7, 11) is 0. The molecule has 12 rings (SSSR count). The second-order valence-electron chi connectivity index (χ2n) is 14.0. The van der Waals surface area contributed by atoms with Crippen LogP contribution in [0.5, 0.6) is 0 Å². The smallest absolute Gasteiger partial charge is 0.165 e. The van der Waals surface area contributed by atoms with E-state index in [2.05, 4.69) is 144 Å². The molecule has 0 spiro atoms. The number of para-hydroxylation sites is 2. The van der Waals surface area contributed by atoms with Crippen LogP contribution in [0.1, 0.15) is 0 Å². The third-order valence-corrected chi connectivity index (χ3v) is 12.1. The van der Waals surface area contributed by atoms with Gasteiger partial charge < -0.3 is 8.98 Å². The fourth-order valence-corrected chi connectivity index (χ4v) is 9.58. The van der Waals surface area contributed by atoms with E-state index in [0.29, 0.717) is 17.5 Å². The summed E-state index contributed by atoms with van der Waals surface area (Å²) < 4.78 is 11.6. The Morgan fingerprint density at radius 3 is 2.00 bits per heavy atom. The summed E-state index contributed by atoms with van der Waals surface area (Å²) in [5, 5.41) is 9.26. The number of furan rings is 1. The Bertz CT molecular complexity index is 3500. The zero-order valence-corrected chi connectivity index (χ0v) is 30.1. The van der Waals surface area contributed by atoms with Crippen molar-refractivity contribution < 1.29 is 4.42 Å². The Hall–Kier alpha value is -7.15. The minimum atomic E-state index is 0.601. The molecule has 5 nitrogen and oxygen atoms in total. The van der Waals surface area contributed by atoms with Gasteiger partial charge in [-0.1, -0.05) is 127 Å². The first kappa shape index (κ1) is 30.3. The highest BCUT2D eigenvalue weighted by Gasteiger charge is 2.22. The van der Waals surface area contributed by atoms with E-state index in [0.717, 1.165) is 60.0 Å². The Balaban J connectivity index is 1.12. The molecular formula is C49H28N4OS. The van der Waals surface area contributed by atoms with E-state index in [1.165, 1.54) is 37.0 Å². The zero-order chi connectivity index (χ0) is 36.0. The normalized spacial score (nSPS) is 12.0. The van der Waals surface area contributed by atoms with Crippen molar-refractivity contribution >= 4 is 86.0 Å². The van der Waals surface area contributed by atoms with Crippen LogP contribution in [-0.2, 0) is 0 Å². The molecule has 12 aromatic rings. The van der Waals surface area contributed by atoms with E-state index < -0.39 is 0 Å². The number of rotatable bonds is 4. The van der Waals surface area contributed by atoms with E-state index in [-0.39, 0.29) is 0 Å². The molecule has 0 unspecified atom stereocenters. The van der Waals surface area contributed by atoms with Gasteiger partial charge in [-0.15, -0.1) is 11.3 Å². The van der Waals surface area contributed by atoms with Gasteiger partial charge in [-0.3, -0.25) is 0 Å². The third kappa shape index (κ3) is 4.55. The summed E-state index contributed by atoms with van der Waals surface area (Å²) in [6.45, 7) is 0. The molecule has 0 bridgehead atoms. The molecule has 6 heteroatoms. The topological polar surface area (TPSA) is 56.7 Å². The maximum absolute atomic E-state index is 6.89.